The second-order valence-corrected chi connectivity index (χ2v) is 2.11. The summed E-state index contributed by atoms with van der Waals surface area (Å²) in [5.74, 6) is -2.88. The van der Waals surface area contributed by atoms with Gasteiger partial charge in [-0.05, 0) is 12.1 Å². The van der Waals surface area contributed by atoms with Crippen molar-refractivity contribution in [1.29, 1.82) is 0 Å². The molecule has 0 saturated heterocycles. The summed E-state index contributed by atoms with van der Waals surface area (Å²) in [4.78, 5) is 0. The zero-order valence-electron chi connectivity index (χ0n) is 5.65. The van der Waals surface area contributed by atoms with Gasteiger partial charge in [-0.1, -0.05) is 6.07 Å². The van der Waals surface area contributed by atoms with Crippen LogP contribution < -0.4 is 0 Å². The topological polar surface area (TPSA) is 19.9 Å². The van der Waals surface area contributed by atoms with Crippen molar-refractivity contribution in [3.63, 3.8) is 0 Å². The van der Waals surface area contributed by atoms with Crippen molar-refractivity contribution < 1.29 is 22.7 Å². The molecule has 0 unspecified atom stereocenters. The molecule has 1 aromatic rings. The van der Waals surface area contributed by atoms with Gasteiger partial charge in [0.25, 0.3) is 0 Å². The van der Waals surface area contributed by atoms with E-state index in [0.717, 1.165) is 6.07 Å². The lowest BCUT2D eigenvalue weighted by atomic mass is 10.2. The van der Waals surface area contributed by atoms with Gasteiger partial charge in [0.2, 0.25) is 0 Å². The van der Waals surface area contributed by atoms with Crippen LogP contribution >= 0.6 is 0 Å². The summed E-state index contributed by atoms with van der Waals surface area (Å²) in [5, 5.41) is 10.5. The van der Waals surface area contributed by atoms with Crippen LogP contribution in [-0.4, -0.2) is 0 Å². The lowest BCUT2D eigenvalue weighted by Crippen LogP contribution is -2.07. The molecule has 0 saturated carbocycles. The molecule has 1 radical (unpaired) electrons. The molecule has 0 aliphatic rings. The number of hydrogen-bond donors (Lipinski definition) is 0. The summed E-state index contributed by atoms with van der Waals surface area (Å²) in [6.45, 7) is 0. The Kier molecular flexibility index (Phi) is 1.95. The van der Waals surface area contributed by atoms with E-state index in [1.54, 1.807) is 0 Å². The van der Waals surface area contributed by atoms with Crippen molar-refractivity contribution >= 4 is 0 Å². The Morgan fingerprint density at radius 1 is 1.17 bits per heavy atom. The minimum absolute atomic E-state index is 0.601. The summed E-state index contributed by atoms with van der Waals surface area (Å²) in [7, 11) is 0. The lowest BCUT2D eigenvalue weighted by molar-refractivity contribution is -0.141. The molecule has 5 heteroatoms. The summed E-state index contributed by atoms with van der Waals surface area (Å²) in [6.07, 6.45) is -4.91. The van der Waals surface area contributed by atoms with Crippen molar-refractivity contribution in [1.82, 2.24) is 0 Å². The quantitative estimate of drug-likeness (QED) is 0.545. The first-order chi connectivity index (χ1) is 5.43. The number of benzene rings is 1. The average molecular weight is 179 g/mol. The Balaban J connectivity index is 3.31. The van der Waals surface area contributed by atoms with E-state index < -0.39 is 23.3 Å². The first-order valence-electron chi connectivity index (χ1n) is 2.95. The number of halogens is 4. The Morgan fingerprint density at radius 2 is 1.75 bits per heavy atom. The van der Waals surface area contributed by atoms with Gasteiger partial charge in [0.1, 0.15) is 11.4 Å². The van der Waals surface area contributed by atoms with E-state index in [-0.39, 0.29) is 0 Å². The van der Waals surface area contributed by atoms with E-state index in [9.17, 15) is 22.7 Å². The Hall–Kier alpha value is -1.26. The minimum atomic E-state index is -4.91. The zero-order chi connectivity index (χ0) is 9.35. The van der Waals surface area contributed by atoms with Gasteiger partial charge in [-0.15, -0.1) is 0 Å². The fourth-order valence-corrected chi connectivity index (χ4v) is 0.779. The third-order valence-corrected chi connectivity index (χ3v) is 1.26. The Labute approximate surface area is 65.3 Å². The molecule has 1 rings (SSSR count). The summed E-state index contributed by atoms with van der Waals surface area (Å²) in [6, 6.07) is 2.21. The smallest absolute Gasteiger partial charge is 0.289 e. The molecule has 1 nitrogen and oxygen atoms in total. The third-order valence-electron chi connectivity index (χ3n) is 1.26. The number of rotatable bonds is 0. The maximum Gasteiger partial charge on any atom is 0.423 e. The van der Waals surface area contributed by atoms with Crippen LogP contribution in [0.4, 0.5) is 17.6 Å². The lowest BCUT2D eigenvalue weighted by Gasteiger charge is -2.07. The molecule has 0 aliphatic carbocycles. The predicted molar refractivity (Wildman–Crippen MR) is 31.5 cm³/mol. The van der Waals surface area contributed by atoms with Gasteiger partial charge in [0.05, 0.1) is 0 Å². The molecule has 0 aliphatic heterocycles. The minimum Gasteiger partial charge on any atom is -0.289 e. The number of hydrogen-bond acceptors (Lipinski definition) is 0. The molecule has 0 amide bonds. The van der Waals surface area contributed by atoms with Crippen LogP contribution in [0.3, 0.4) is 0 Å². The summed E-state index contributed by atoms with van der Waals surface area (Å²) < 4.78 is 48.0. The first-order valence-corrected chi connectivity index (χ1v) is 2.95. The van der Waals surface area contributed by atoms with Crippen molar-refractivity contribution in [3.8, 4) is 5.75 Å². The van der Waals surface area contributed by atoms with Gasteiger partial charge >= 0.3 is 6.18 Å². The molecular formula is C7H3F4O. The van der Waals surface area contributed by atoms with E-state index in [1.165, 1.54) is 0 Å². The predicted octanol–water partition coefficient (Wildman–Crippen LogP) is 2.99. The molecule has 0 aromatic heterocycles. The highest BCUT2D eigenvalue weighted by Gasteiger charge is 2.37. The monoisotopic (exact) mass is 179 g/mol. The normalized spacial score (nSPS) is 11.7. The van der Waals surface area contributed by atoms with Crippen LogP contribution in [0.1, 0.15) is 5.56 Å². The summed E-state index contributed by atoms with van der Waals surface area (Å²) in [5.41, 5.74) is -1.73. The van der Waals surface area contributed by atoms with E-state index >= 15 is 0 Å². The molecule has 0 heterocycles. The van der Waals surface area contributed by atoms with Crippen molar-refractivity contribution in [2.24, 2.45) is 0 Å². The van der Waals surface area contributed by atoms with Gasteiger partial charge < -0.3 is 0 Å². The molecule has 0 spiro atoms. The van der Waals surface area contributed by atoms with Crippen LogP contribution in [-0.2, 0) is 11.3 Å². The molecular weight excluding hydrogens is 176 g/mol. The summed E-state index contributed by atoms with van der Waals surface area (Å²) >= 11 is 0. The molecule has 1 aromatic carbocycles. The molecule has 65 valence electrons. The van der Waals surface area contributed by atoms with Crippen LogP contribution in [0.25, 0.3) is 0 Å². The largest absolute Gasteiger partial charge is 0.423 e. The van der Waals surface area contributed by atoms with Crippen LogP contribution in [0.15, 0.2) is 18.2 Å². The molecule has 0 atom stereocenters. The van der Waals surface area contributed by atoms with Gasteiger partial charge in [-0.2, -0.15) is 13.2 Å². The number of alkyl halides is 3. The first kappa shape index (κ1) is 8.83. The van der Waals surface area contributed by atoms with Crippen LogP contribution in [0.5, 0.6) is 5.75 Å². The van der Waals surface area contributed by atoms with E-state index in [1.807, 2.05) is 0 Å². The van der Waals surface area contributed by atoms with E-state index in [2.05, 4.69) is 0 Å². The van der Waals surface area contributed by atoms with Gasteiger partial charge in [0.15, 0.2) is 5.75 Å². The Bertz CT molecular complexity index is 272. The van der Waals surface area contributed by atoms with Crippen LogP contribution in [0.2, 0.25) is 0 Å². The Morgan fingerprint density at radius 3 is 2.08 bits per heavy atom. The highest BCUT2D eigenvalue weighted by atomic mass is 19.4. The van der Waals surface area contributed by atoms with E-state index in [4.69, 9.17) is 0 Å². The van der Waals surface area contributed by atoms with Crippen molar-refractivity contribution in [3.05, 3.63) is 29.6 Å². The fraction of sp³-hybridized carbons (Fsp3) is 0.143. The second-order valence-electron chi connectivity index (χ2n) is 2.11. The SMILES string of the molecule is [O]c1cccc(F)c1C(F)(F)F. The second kappa shape index (κ2) is 2.66. The van der Waals surface area contributed by atoms with Gasteiger partial charge in [0, 0.05) is 0 Å². The molecule has 0 N–H and O–H groups in total. The molecule has 0 fully saturated rings. The van der Waals surface area contributed by atoms with Gasteiger partial charge in [-0.3, -0.25) is 5.11 Å². The highest BCUT2D eigenvalue weighted by molar-refractivity contribution is 5.35. The average Bonchev–Trinajstić information content (AvgIpc) is 1.82. The molecule has 0 bridgehead atoms. The maximum atomic E-state index is 12.4. The highest BCUT2D eigenvalue weighted by Crippen LogP contribution is 2.37. The van der Waals surface area contributed by atoms with E-state index in [0.29, 0.717) is 12.1 Å². The van der Waals surface area contributed by atoms with Crippen molar-refractivity contribution in [2.75, 3.05) is 0 Å². The standard InChI is InChI=1S/C7H3F4O/c8-4-2-1-3-5(12)6(4)7(9,10)11/h1-3H. The maximum absolute atomic E-state index is 12.4. The third kappa shape index (κ3) is 1.49. The van der Waals surface area contributed by atoms with Crippen LogP contribution in [0, 0.1) is 5.82 Å². The molecule has 12 heavy (non-hydrogen) atoms. The zero-order valence-corrected chi connectivity index (χ0v) is 5.65. The van der Waals surface area contributed by atoms with Gasteiger partial charge in [-0.25, -0.2) is 4.39 Å². The fourth-order valence-electron chi connectivity index (χ4n) is 0.779. The van der Waals surface area contributed by atoms with Crippen molar-refractivity contribution in [2.45, 2.75) is 6.18 Å².